The molecule has 9 heteroatoms. The second-order valence-electron chi connectivity index (χ2n) is 5.98. The van der Waals surface area contributed by atoms with Gasteiger partial charge in [0.25, 0.3) is 17.7 Å². The Bertz CT molecular complexity index is 1000. The minimum atomic E-state index is -0.588. The monoisotopic (exact) mass is 411 g/mol. The average Bonchev–Trinajstić information content (AvgIpc) is 2.71. The molecule has 0 bridgehead atoms. The topological polar surface area (TPSA) is 111 Å². The van der Waals surface area contributed by atoms with Crippen molar-refractivity contribution in [2.75, 3.05) is 18.6 Å². The van der Waals surface area contributed by atoms with Crippen LogP contribution in [0.1, 0.15) is 5.56 Å². The van der Waals surface area contributed by atoms with Crippen LogP contribution < -0.4 is 25.4 Å². The number of hydrogen-bond acceptors (Lipinski definition) is 6. The van der Waals surface area contributed by atoms with Crippen LogP contribution in [-0.4, -0.2) is 36.6 Å². The number of nitrogens with one attached hydrogen (secondary N) is 1. The molecule has 29 heavy (non-hydrogen) atoms. The maximum Gasteiger partial charge on any atom is 0.270 e. The Morgan fingerprint density at radius 2 is 1.72 bits per heavy atom. The molecule has 1 fully saturated rings. The number of thiocarbonyl (C=S) groups is 1. The highest BCUT2D eigenvalue weighted by Crippen LogP contribution is 2.24. The van der Waals surface area contributed by atoms with Gasteiger partial charge in [0.2, 0.25) is 0 Å². The van der Waals surface area contributed by atoms with E-state index in [1.165, 1.54) is 18.1 Å². The first kappa shape index (κ1) is 20.0. The van der Waals surface area contributed by atoms with Gasteiger partial charge in [-0.1, -0.05) is 12.1 Å². The summed E-state index contributed by atoms with van der Waals surface area (Å²) in [4.78, 5) is 37.3. The third kappa shape index (κ3) is 4.58. The molecule has 0 saturated carbocycles. The minimum absolute atomic E-state index is 0.00230. The molecule has 2 aromatic rings. The Morgan fingerprint density at radius 3 is 2.31 bits per heavy atom. The number of hydrogen-bond donors (Lipinski definition) is 2. The second-order valence-corrected chi connectivity index (χ2v) is 6.37. The van der Waals surface area contributed by atoms with Crippen molar-refractivity contribution in [2.45, 2.75) is 0 Å². The van der Waals surface area contributed by atoms with Crippen molar-refractivity contribution in [3.05, 3.63) is 59.7 Å². The highest BCUT2D eigenvalue weighted by molar-refractivity contribution is 7.80. The van der Waals surface area contributed by atoms with Gasteiger partial charge < -0.3 is 15.2 Å². The quantitative estimate of drug-likeness (QED) is 0.422. The fourth-order valence-corrected chi connectivity index (χ4v) is 2.89. The minimum Gasteiger partial charge on any atom is -0.497 e. The SMILES string of the molecule is COc1ccc(N2C(=O)C(=Cc3ccc(OCC(N)=O)cc3)C(=O)NC2=S)cc1. The molecule has 0 atom stereocenters. The summed E-state index contributed by atoms with van der Waals surface area (Å²) >= 11 is 5.17. The van der Waals surface area contributed by atoms with Crippen LogP contribution in [0, 0.1) is 0 Å². The molecule has 1 aliphatic rings. The molecule has 1 heterocycles. The number of nitrogens with two attached hydrogens (primary N) is 1. The first-order valence-corrected chi connectivity index (χ1v) is 8.86. The van der Waals surface area contributed by atoms with Gasteiger partial charge in [-0.05, 0) is 60.3 Å². The van der Waals surface area contributed by atoms with E-state index in [1.54, 1.807) is 48.5 Å². The third-order valence-electron chi connectivity index (χ3n) is 4.00. The predicted molar refractivity (Wildman–Crippen MR) is 110 cm³/mol. The van der Waals surface area contributed by atoms with E-state index in [-0.39, 0.29) is 17.3 Å². The van der Waals surface area contributed by atoms with E-state index in [4.69, 9.17) is 27.4 Å². The Balaban J connectivity index is 1.85. The van der Waals surface area contributed by atoms with Gasteiger partial charge in [-0.25, -0.2) is 0 Å². The van der Waals surface area contributed by atoms with E-state index in [1.807, 2.05) is 0 Å². The summed E-state index contributed by atoms with van der Waals surface area (Å²) in [5.74, 6) is -0.652. The summed E-state index contributed by atoms with van der Waals surface area (Å²) in [6.45, 7) is -0.240. The van der Waals surface area contributed by atoms with Crippen LogP contribution in [0.4, 0.5) is 5.69 Å². The van der Waals surface area contributed by atoms with Gasteiger partial charge in [0.15, 0.2) is 11.7 Å². The average molecular weight is 411 g/mol. The van der Waals surface area contributed by atoms with Gasteiger partial charge in [0.1, 0.15) is 17.1 Å². The summed E-state index contributed by atoms with van der Waals surface area (Å²) in [7, 11) is 1.54. The Kier molecular flexibility index (Phi) is 5.89. The maximum atomic E-state index is 13.0. The van der Waals surface area contributed by atoms with Crippen molar-refractivity contribution >= 4 is 46.8 Å². The Labute approximate surface area is 171 Å². The normalized spacial score (nSPS) is 15.3. The molecule has 0 radical (unpaired) electrons. The Morgan fingerprint density at radius 1 is 1.10 bits per heavy atom. The zero-order chi connectivity index (χ0) is 21.0. The zero-order valence-electron chi connectivity index (χ0n) is 15.4. The first-order valence-electron chi connectivity index (χ1n) is 8.45. The van der Waals surface area contributed by atoms with Gasteiger partial charge in [0, 0.05) is 0 Å². The fourth-order valence-electron chi connectivity index (χ4n) is 2.60. The van der Waals surface area contributed by atoms with Crippen LogP contribution in [0.5, 0.6) is 11.5 Å². The number of benzene rings is 2. The molecule has 0 aliphatic carbocycles. The first-order chi connectivity index (χ1) is 13.9. The largest absolute Gasteiger partial charge is 0.497 e. The molecule has 1 saturated heterocycles. The number of amides is 3. The summed E-state index contributed by atoms with van der Waals surface area (Å²) in [6, 6.07) is 13.2. The number of carbonyl (C=O) groups excluding carboxylic acids is 3. The van der Waals surface area contributed by atoms with Crippen molar-refractivity contribution in [3.63, 3.8) is 0 Å². The molecule has 2 aromatic carbocycles. The molecule has 3 rings (SSSR count). The lowest BCUT2D eigenvalue weighted by molar-refractivity contribution is -0.122. The van der Waals surface area contributed by atoms with Crippen molar-refractivity contribution in [1.82, 2.24) is 5.32 Å². The van der Waals surface area contributed by atoms with Crippen LogP contribution in [0.15, 0.2) is 54.1 Å². The van der Waals surface area contributed by atoms with E-state index in [0.717, 1.165) is 0 Å². The van der Waals surface area contributed by atoms with Crippen LogP contribution in [0.2, 0.25) is 0 Å². The van der Waals surface area contributed by atoms with Crippen molar-refractivity contribution in [3.8, 4) is 11.5 Å². The number of nitrogens with zero attached hydrogens (tertiary/aromatic N) is 1. The van der Waals surface area contributed by atoms with Crippen LogP contribution >= 0.6 is 12.2 Å². The number of methoxy groups -OCH3 is 1. The van der Waals surface area contributed by atoms with Crippen LogP contribution in [-0.2, 0) is 14.4 Å². The lowest BCUT2D eigenvalue weighted by atomic mass is 10.1. The molecule has 8 nitrogen and oxygen atoms in total. The summed E-state index contributed by atoms with van der Waals surface area (Å²) in [6.07, 6.45) is 1.45. The smallest absolute Gasteiger partial charge is 0.270 e. The number of primary amides is 1. The van der Waals surface area contributed by atoms with E-state index < -0.39 is 17.7 Å². The van der Waals surface area contributed by atoms with Gasteiger partial charge in [-0.15, -0.1) is 0 Å². The lowest BCUT2D eigenvalue weighted by Crippen LogP contribution is -2.54. The van der Waals surface area contributed by atoms with Crippen LogP contribution in [0.25, 0.3) is 6.08 Å². The maximum absolute atomic E-state index is 13.0. The third-order valence-corrected chi connectivity index (χ3v) is 4.29. The van der Waals surface area contributed by atoms with E-state index >= 15 is 0 Å². The summed E-state index contributed by atoms with van der Waals surface area (Å²) in [5.41, 5.74) is 6.06. The van der Waals surface area contributed by atoms with Gasteiger partial charge in [-0.3, -0.25) is 24.6 Å². The number of carbonyl (C=O) groups is 3. The van der Waals surface area contributed by atoms with E-state index in [9.17, 15) is 14.4 Å². The van der Waals surface area contributed by atoms with Crippen molar-refractivity contribution in [1.29, 1.82) is 0 Å². The highest BCUT2D eigenvalue weighted by Gasteiger charge is 2.34. The molecule has 0 aromatic heterocycles. The Hall–Kier alpha value is -3.72. The zero-order valence-corrected chi connectivity index (χ0v) is 16.2. The van der Waals surface area contributed by atoms with Gasteiger partial charge in [-0.2, -0.15) is 0 Å². The molecule has 0 unspecified atom stereocenters. The molecule has 3 amide bonds. The number of rotatable bonds is 6. The second kappa shape index (κ2) is 8.53. The van der Waals surface area contributed by atoms with E-state index in [2.05, 4.69) is 5.32 Å². The molecular formula is C20H17N3O5S. The number of anilines is 1. The molecule has 0 spiro atoms. The highest BCUT2D eigenvalue weighted by atomic mass is 32.1. The predicted octanol–water partition coefficient (Wildman–Crippen LogP) is 1.39. The number of ether oxygens (including phenoxy) is 2. The fraction of sp³-hybridized carbons (Fsp3) is 0.100. The van der Waals surface area contributed by atoms with Gasteiger partial charge >= 0.3 is 0 Å². The lowest BCUT2D eigenvalue weighted by Gasteiger charge is -2.29. The molecule has 1 aliphatic heterocycles. The van der Waals surface area contributed by atoms with Crippen molar-refractivity contribution in [2.24, 2.45) is 5.73 Å². The molecular weight excluding hydrogens is 394 g/mol. The molecule has 3 N–H and O–H groups in total. The van der Waals surface area contributed by atoms with Crippen LogP contribution in [0.3, 0.4) is 0 Å². The van der Waals surface area contributed by atoms with Gasteiger partial charge in [0.05, 0.1) is 12.8 Å². The standard InChI is InChI=1S/C20H17N3O5S/c1-27-14-8-4-13(5-9-14)23-19(26)16(18(25)22-20(23)29)10-12-2-6-15(7-3-12)28-11-17(21)24/h2-10H,11H2,1H3,(H2,21,24)(H,22,25,29). The molecule has 148 valence electrons. The summed E-state index contributed by atoms with van der Waals surface area (Å²) in [5, 5.41) is 2.52. The van der Waals surface area contributed by atoms with E-state index in [0.29, 0.717) is 22.7 Å². The summed E-state index contributed by atoms with van der Waals surface area (Å²) < 4.78 is 10.3. The van der Waals surface area contributed by atoms with Crippen molar-refractivity contribution < 1.29 is 23.9 Å².